The summed E-state index contributed by atoms with van der Waals surface area (Å²) in [6, 6.07) is 4.00. The molecule has 0 spiro atoms. The van der Waals surface area contributed by atoms with Gasteiger partial charge in [-0.15, -0.1) is 0 Å². The Bertz CT molecular complexity index is 561. The van der Waals surface area contributed by atoms with Crippen molar-refractivity contribution in [1.29, 1.82) is 0 Å². The van der Waals surface area contributed by atoms with E-state index in [4.69, 9.17) is 4.74 Å². The van der Waals surface area contributed by atoms with Crippen LogP contribution in [0.3, 0.4) is 0 Å². The van der Waals surface area contributed by atoms with Gasteiger partial charge < -0.3 is 10.1 Å². The van der Waals surface area contributed by atoms with Crippen LogP contribution in [0, 0.1) is 5.92 Å². The van der Waals surface area contributed by atoms with E-state index in [1.807, 2.05) is 23.9 Å². The monoisotopic (exact) mass is 286 g/mol. The number of nitrogens with zero attached hydrogens (tertiary/aromatic N) is 3. The number of aromatic nitrogens is 3. The van der Waals surface area contributed by atoms with Crippen LogP contribution >= 0.6 is 0 Å². The molecule has 5 nitrogen and oxygen atoms in total. The zero-order chi connectivity index (χ0) is 14.5. The summed E-state index contributed by atoms with van der Waals surface area (Å²) in [6.45, 7) is 3.65. The highest BCUT2D eigenvalue weighted by atomic mass is 16.5. The van der Waals surface area contributed by atoms with E-state index in [2.05, 4.69) is 21.6 Å². The van der Waals surface area contributed by atoms with Crippen molar-refractivity contribution in [1.82, 2.24) is 20.1 Å². The number of rotatable bonds is 5. The highest BCUT2D eigenvalue weighted by Gasteiger charge is 2.14. The molecule has 2 aromatic heterocycles. The molecule has 3 rings (SSSR count). The average Bonchev–Trinajstić information content (AvgIpc) is 2.90. The first-order valence-electron chi connectivity index (χ1n) is 7.54. The largest absolute Gasteiger partial charge is 0.381 e. The van der Waals surface area contributed by atoms with Crippen molar-refractivity contribution in [3.05, 3.63) is 36.3 Å². The minimum atomic E-state index is 0.639. The van der Waals surface area contributed by atoms with Crippen LogP contribution in [0.2, 0.25) is 0 Å². The van der Waals surface area contributed by atoms with E-state index >= 15 is 0 Å². The first kappa shape index (κ1) is 14.2. The Hall–Kier alpha value is -1.72. The highest BCUT2D eigenvalue weighted by molar-refractivity contribution is 5.61. The number of hydrogen-bond donors (Lipinski definition) is 1. The van der Waals surface area contributed by atoms with Gasteiger partial charge in [0, 0.05) is 56.5 Å². The lowest BCUT2D eigenvalue weighted by Gasteiger charge is -2.22. The Balaban J connectivity index is 1.62. The Morgan fingerprint density at radius 2 is 2.24 bits per heavy atom. The molecule has 112 valence electrons. The quantitative estimate of drug-likeness (QED) is 0.913. The molecule has 1 N–H and O–H groups in total. The maximum atomic E-state index is 5.52. The van der Waals surface area contributed by atoms with Crippen molar-refractivity contribution >= 4 is 0 Å². The molecule has 1 saturated heterocycles. The SMILES string of the molecule is Cn1cc(CNCC2CCCOC2)c(-c2ccncc2)n1. The molecule has 5 heteroatoms. The van der Waals surface area contributed by atoms with Gasteiger partial charge in [0.2, 0.25) is 0 Å². The molecule has 0 aliphatic carbocycles. The number of hydrogen-bond acceptors (Lipinski definition) is 4. The van der Waals surface area contributed by atoms with Crippen LogP contribution < -0.4 is 5.32 Å². The molecule has 21 heavy (non-hydrogen) atoms. The molecule has 2 aromatic rings. The molecule has 0 amide bonds. The second kappa shape index (κ2) is 6.83. The van der Waals surface area contributed by atoms with E-state index in [0.717, 1.165) is 37.6 Å². The third-order valence-electron chi connectivity index (χ3n) is 3.86. The van der Waals surface area contributed by atoms with Crippen molar-refractivity contribution in [3.63, 3.8) is 0 Å². The maximum Gasteiger partial charge on any atom is 0.0969 e. The molecule has 1 atom stereocenters. The van der Waals surface area contributed by atoms with Crippen LogP contribution in [0.25, 0.3) is 11.3 Å². The van der Waals surface area contributed by atoms with Gasteiger partial charge in [0.05, 0.1) is 12.3 Å². The Morgan fingerprint density at radius 1 is 1.38 bits per heavy atom. The molecule has 0 bridgehead atoms. The predicted octanol–water partition coefficient (Wildman–Crippen LogP) is 2.00. The van der Waals surface area contributed by atoms with Gasteiger partial charge in [-0.05, 0) is 30.9 Å². The second-order valence-electron chi connectivity index (χ2n) is 5.63. The van der Waals surface area contributed by atoms with E-state index in [0.29, 0.717) is 5.92 Å². The third kappa shape index (κ3) is 3.68. The van der Waals surface area contributed by atoms with Gasteiger partial charge in [-0.3, -0.25) is 9.67 Å². The Labute approximate surface area is 125 Å². The van der Waals surface area contributed by atoms with Crippen LogP contribution in [0.1, 0.15) is 18.4 Å². The van der Waals surface area contributed by atoms with Gasteiger partial charge in [0.15, 0.2) is 0 Å². The normalized spacial score (nSPS) is 18.8. The van der Waals surface area contributed by atoms with Gasteiger partial charge in [-0.1, -0.05) is 0 Å². The van der Waals surface area contributed by atoms with Crippen LogP contribution in [-0.2, 0) is 18.3 Å². The lowest BCUT2D eigenvalue weighted by Crippen LogP contribution is -2.28. The molecule has 1 unspecified atom stereocenters. The van der Waals surface area contributed by atoms with E-state index in [-0.39, 0.29) is 0 Å². The smallest absolute Gasteiger partial charge is 0.0969 e. The number of pyridine rings is 1. The van der Waals surface area contributed by atoms with Crippen LogP contribution in [0.4, 0.5) is 0 Å². The van der Waals surface area contributed by atoms with Crippen LogP contribution in [0.5, 0.6) is 0 Å². The van der Waals surface area contributed by atoms with E-state index in [9.17, 15) is 0 Å². The number of nitrogens with one attached hydrogen (secondary N) is 1. The first-order valence-corrected chi connectivity index (χ1v) is 7.54. The molecule has 0 saturated carbocycles. The fourth-order valence-electron chi connectivity index (χ4n) is 2.80. The van der Waals surface area contributed by atoms with Gasteiger partial charge in [0.1, 0.15) is 0 Å². The lowest BCUT2D eigenvalue weighted by atomic mass is 10.0. The fourth-order valence-corrected chi connectivity index (χ4v) is 2.80. The fraction of sp³-hybridized carbons (Fsp3) is 0.500. The summed E-state index contributed by atoms with van der Waals surface area (Å²) in [6.07, 6.45) is 8.14. The standard InChI is InChI=1S/C16H22N4O/c1-20-11-15(10-18-9-13-3-2-8-21-12-13)16(19-20)14-4-6-17-7-5-14/h4-7,11,13,18H,2-3,8-10,12H2,1H3. The average molecular weight is 286 g/mol. The topological polar surface area (TPSA) is 52.0 Å². The maximum absolute atomic E-state index is 5.52. The summed E-state index contributed by atoms with van der Waals surface area (Å²) in [5.74, 6) is 0.639. The van der Waals surface area contributed by atoms with E-state index in [1.54, 1.807) is 12.4 Å². The molecule has 1 aliphatic rings. The molecule has 0 aromatic carbocycles. The van der Waals surface area contributed by atoms with Crippen LogP contribution in [-0.4, -0.2) is 34.5 Å². The minimum Gasteiger partial charge on any atom is -0.381 e. The molecular weight excluding hydrogens is 264 g/mol. The molecule has 0 radical (unpaired) electrons. The minimum absolute atomic E-state index is 0.639. The van der Waals surface area contributed by atoms with Gasteiger partial charge in [0.25, 0.3) is 0 Å². The number of aryl methyl sites for hydroxylation is 1. The zero-order valence-corrected chi connectivity index (χ0v) is 12.5. The van der Waals surface area contributed by atoms with Gasteiger partial charge in [-0.2, -0.15) is 5.10 Å². The Kier molecular flexibility index (Phi) is 4.62. The molecule has 1 fully saturated rings. The molecule has 3 heterocycles. The summed E-state index contributed by atoms with van der Waals surface area (Å²) in [4.78, 5) is 4.07. The third-order valence-corrected chi connectivity index (χ3v) is 3.86. The summed E-state index contributed by atoms with van der Waals surface area (Å²) in [7, 11) is 1.96. The molecule has 1 aliphatic heterocycles. The second-order valence-corrected chi connectivity index (χ2v) is 5.63. The van der Waals surface area contributed by atoms with Crippen molar-refractivity contribution in [2.24, 2.45) is 13.0 Å². The van der Waals surface area contributed by atoms with E-state index in [1.165, 1.54) is 18.4 Å². The highest BCUT2D eigenvalue weighted by Crippen LogP contribution is 2.21. The van der Waals surface area contributed by atoms with Crippen molar-refractivity contribution in [3.8, 4) is 11.3 Å². The zero-order valence-electron chi connectivity index (χ0n) is 12.5. The summed E-state index contributed by atoms with van der Waals surface area (Å²) in [5.41, 5.74) is 3.37. The van der Waals surface area contributed by atoms with Crippen molar-refractivity contribution in [2.45, 2.75) is 19.4 Å². The first-order chi connectivity index (χ1) is 10.3. The predicted molar refractivity (Wildman–Crippen MR) is 81.7 cm³/mol. The van der Waals surface area contributed by atoms with Crippen LogP contribution in [0.15, 0.2) is 30.7 Å². The van der Waals surface area contributed by atoms with Gasteiger partial charge >= 0.3 is 0 Å². The summed E-state index contributed by atoms with van der Waals surface area (Å²) in [5, 5.41) is 8.12. The van der Waals surface area contributed by atoms with Gasteiger partial charge in [-0.25, -0.2) is 0 Å². The lowest BCUT2D eigenvalue weighted by molar-refractivity contribution is 0.0547. The van der Waals surface area contributed by atoms with Crippen molar-refractivity contribution < 1.29 is 4.74 Å². The Morgan fingerprint density at radius 3 is 3.00 bits per heavy atom. The summed E-state index contributed by atoms with van der Waals surface area (Å²) >= 11 is 0. The molecular formula is C16H22N4O. The van der Waals surface area contributed by atoms with E-state index < -0.39 is 0 Å². The van der Waals surface area contributed by atoms with Crippen molar-refractivity contribution in [2.75, 3.05) is 19.8 Å². The number of ether oxygens (including phenoxy) is 1. The summed E-state index contributed by atoms with van der Waals surface area (Å²) < 4.78 is 7.39.